The van der Waals surface area contributed by atoms with Crippen LogP contribution in [0.4, 0.5) is 11.4 Å². The van der Waals surface area contributed by atoms with Crippen LogP contribution in [0.3, 0.4) is 0 Å². The Morgan fingerprint density at radius 1 is 0.848 bits per heavy atom. The molecule has 0 saturated heterocycles. The van der Waals surface area contributed by atoms with Gasteiger partial charge in [-0.3, -0.25) is 9.52 Å². The van der Waals surface area contributed by atoms with Gasteiger partial charge >= 0.3 is 5.97 Å². The van der Waals surface area contributed by atoms with Crippen LogP contribution < -0.4 is 19.5 Å². The predicted octanol–water partition coefficient (Wildman–Crippen LogP) is 3.05. The van der Waals surface area contributed by atoms with Crippen LogP contribution in [-0.2, 0) is 19.6 Å². The van der Waals surface area contributed by atoms with Crippen LogP contribution in [0.2, 0.25) is 0 Å². The van der Waals surface area contributed by atoms with Gasteiger partial charge in [0.25, 0.3) is 15.9 Å². The first kappa shape index (κ1) is 22.2. The minimum absolute atomic E-state index is 0.0136. The Kier molecular flexibility index (Phi) is 6.45. The van der Waals surface area contributed by atoms with Gasteiger partial charge in [0.05, 0.1) is 10.5 Å². The number of fused-ring (bicyclic) bond motifs is 1. The molecule has 4 rings (SSSR count). The third-order valence-corrected chi connectivity index (χ3v) is 5.97. The van der Waals surface area contributed by atoms with E-state index in [1.807, 2.05) is 6.07 Å². The number of rotatable bonds is 7. The molecule has 0 unspecified atom stereocenters. The maximum Gasteiger partial charge on any atom is 0.338 e. The van der Waals surface area contributed by atoms with Crippen molar-refractivity contribution in [2.24, 2.45) is 0 Å². The lowest BCUT2D eigenvalue weighted by atomic mass is 10.2. The molecule has 0 radical (unpaired) electrons. The van der Waals surface area contributed by atoms with Crippen LogP contribution in [0.25, 0.3) is 0 Å². The van der Waals surface area contributed by atoms with E-state index in [1.54, 1.807) is 24.3 Å². The number of sulfonamides is 1. The number of ether oxygens (including phenoxy) is 3. The largest absolute Gasteiger partial charge is 0.486 e. The fourth-order valence-electron chi connectivity index (χ4n) is 3.01. The average molecular weight is 468 g/mol. The molecule has 1 heterocycles. The lowest BCUT2D eigenvalue weighted by Crippen LogP contribution is -2.21. The highest BCUT2D eigenvalue weighted by Gasteiger charge is 2.20. The number of para-hydroxylation sites is 1. The molecular formula is C23H20N2O7S. The van der Waals surface area contributed by atoms with Crippen LogP contribution in [0.5, 0.6) is 11.5 Å². The Labute approximate surface area is 190 Å². The van der Waals surface area contributed by atoms with Gasteiger partial charge in [0.1, 0.15) is 13.2 Å². The highest BCUT2D eigenvalue weighted by Crippen LogP contribution is 2.32. The summed E-state index contributed by atoms with van der Waals surface area (Å²) in [5.41, 5.74) is 1.02. The molecule has 170 valence electrons. The van der Waals surface area contributed by atoms with Crippen molar-refractivity contribution in [3.05, 3.63) is 78.4 Å². The summed E-state index contributed by atoms with van der Waals surface area (Å²) in [6, 6.07) is 18.8. The van der Waals surface area contributed by atoms with Crippen molar-refractivity contribution in [3.63, 3.8) is 0 Å². The van der Waals surface area contributed by atoms with Gasteiger partial charge < -0.3 is 19.5 Å². The van der Waals surface area contributed by atoms with Crippen LogP contribution in [0.1, 0.15) is 10.4 Å². The topological polar surface area (TPSA) is 120 Å². The van der Waals surface area contributed by atoms with Crippen molar-refractivity contribution in [2.75, 3.05) is 29.9 Å². The maximum atomic E-state index is 12.7. The molecule has 3 aromatic carbocycles. The second kappa shape index (κ2) is 9.61. The Bertz CT molecular complexity index is 1260. The Morgan fingerprint density at radius 3 is 2.27 bits per heavy atom. The second-order valence-electron chi connectivity index (χ2n) is 6.98. The number of carbonyl (C=O) groups is 2. The summed E-state index contributed by atoms with van der Waals surface area (Å²) in [6.07, 6.45) is 0. The summed E-state index contributed by atoms with van der Waals surface area (Å²) >= 11 is 0. The van der Waals surface area contributed by atoms with E-state index < -0.39 is 28.5 Å². The van der Waals surface area contributed by atoms with Crippen molar-refractivity contribution in [1.29, 1.82) is 0 Å². The van der Waals surface area contributed by atoms with Gasteiger partial charge in [0, 0.05) is 17.4 Å². The summed E-state index contributed by atoms with van der Waals surface area (Å²) in [4.78, 5) is 24.1. The van der Waals surface area contributed by atoms with Gasteiger partial charge in [-0.1, -0.05) is 18.2 Å². The lowest BCUT2D eigenvalue weighted by molar-refractivity contribution is -0.119. The van der Waals surface area contributed by atoms with Crippen molar-refractivity contribution in [3.8, 4) is 11.5 Å². The lowest BCUT2D eigenvalue weighted by Gasteiger charge is -2.19. The number of hydrogen-bond acceptors (Lipinski definition) is 7. The molecule has 33 heavy (non-hydrogen) atoms. The van der Waals surface area contributed by atoms with Gasteiger partial charge in [0.15, 0.2) is 18.1 Å². The predicted molar refractivity (Wildman–Crippen MR) is 120 cm³/mol. The Hall–Kier alpha value is -4.05. The van der Waals surface area contributed by atoms with Crippen molar-refractivity contribution in [1.82, 2.24) is 0 Å². The van der Waals surface area contributed by atoms with Crippen LogP contribution >= 0.6 is 0 Å². The van der Waals surface area contributed by atoms with Crippen molar-refractivity contribution in [2.45, 2.75) is 4.90 Å². The number of anilines is 2. The summed E-state index contributed by atoms with van der Waals surface area (Å²) in [5.74, 6) is -0.336. The maximum absolute atomic E-state index is 12.7. The molecular weight excluding hydrogens is 448 g/mol. The molecule has 0 spiro atoms. The second-order valence-corrected chi connectivity index (χ2v) is 8.66. The van der Waals surface area contributed by atoms with E-state index in [9.17, 15) is 18.0 Å². The number of carbonyl (C=O) groups excluding carboxylic acids is 2. The number of hydrogen-bond donors (Lipinski definition) is 2. The zero-order valence-electron chi connectivity index (χ0n) is 17.3. The molecule has 0 saturated carbocycles. The molecule has 2 N–H and O–H groups in total. The minimum atomic E-state index is -3.89. The average Bonchev–Trinajstić information content (AvgIpc) is 2.83. The quantitative estimate of drug-likeness (QED) is 0.512. The van der Waals surface area contributed by atoms with Gasteiger partial charge in [-0.05, 0) is 48.5 Å². The van der Waals surface area contributed by atoms with E-state index in [0.29, 0.717) is 30.4 Å². The number of nitrogens with one attached hydrogen (secondary N) is 2. The Morgan fingerprint density at radius 2 is 1.55 bits per heavy atom. The SMILES string of the molecule is O=C(COC(=O)c1ccc(NS(=O)(=O)c2ccc3c(c2)OCCO3)cc1)Nc1ccccc1. The molecule has 0 aromatic heterocycles. The number of esters is 1. The molecule has 9 nitrogen and oxygen atoms in total. The molecule has 1 amide bonds. The molecule has 10 heteroatoms. The van der Waals surface area contributed by atoms with Crippen LogP contribution in [0.15, 0.2) is 77.7 Å². The fraction of sp³-hybridized carbons (Fsp3) is 0.130. The first-order valence-electron chi connectivity index (χ1n) is 9.95. The molecule has 1 aliphatic heterocycles. The van der Waals surface area contributed by atoms with Crippen LogP contribution in [0, 0.1) is 0 Å². The van der Waals surface area contributed by atoms with Gasteiger partial charge in [-0.15, -0.1) is 0 Å². The Balaban J connectivity index is 1.34. The normalized spacial score (nSPS) is 12.5. The van der Waals surface area contributed by atoms with Crippen molar-refractivity contribution >= 4 is 33.3 Å². The third-order valence-electron chi connectivity index (χ3n) is 4.59. The molecule has 3 aromatic rings. The van der Waals surface area contributed by atoms with Crippen molar-refractivity contribution < 1.29 is 32.2 Å². The van der Waals surface area contributed by atoms with E-state index in [4.69, 9.17) is 14.2 Å². The third kappa shape index (κ3) is 5.60. The van der Waals surface area contributed by atoms with E-state index in [-0.39, 0.29) is 16.1 Å². The molecule has 0 atom stereocenters. The molecule has 0 aliphatic carbocycles. The molecule has 1 aliphatic rings. The van der Waals surface area contributed by atoms with Gasteiger partial charge in [-0.25, -0.2) is 13.2 Å². The summed E-state index contributed by atoms with van der Waals surface area (Å²) in [6.45, 7) is 0.297. The first-order valence-corrected chi connectivity index (χ1v) is 11.4. The summed E-state index contributed by atoms with van der Waals surface area (Å²) in [7, 11) is -3.89. The highest BCUT2D eigenvalue weighted by molar-refractivity contribution is 7.92. The standard InChI is InChI=1S/C23H20N2O7S/c26-22(24-17-4-2-1-3-5-17)15-32-23(27)16-6-8-18(9-7-16)25-33(28,29)19-10-11-20-21(14-19)31-13-12-30-20/h1-11,14,25H,12-13,15H2,(H,24,26). The van der Waals surface area contributed by atoms with E-state index in [2.05, 4.69) is 10.0 Å². The molecule has 0 fully saturated rings. The van der Waals surface area contributed by atoms with E-state index >= 15 is 0 Å². The monoisotopic (exact) mass is 468 g/mol. The zero-order valence-corrected chi connectivity index (χ0v) is 18.1. The fourth-order valence-corrected chi connectivity index (χ4v) is 4.09. The number of benzene rings is 3. The summed E-state index contributed by atoms with van der Waals surface area (Å²) in [5, 5.41) is 2.61. The van der Waals surface area contributed by atoms with Gasteiger partial charge in [-0.2, -0.15) is 0 Å². The van der Waals surface area contributed by atoms with Crippen LogP contribution in [-0.4, -0.2) is 40.1 Å². The van der Waals surface area contributed by atoms with E-state index in [0.717, 1.165) is 0 Å². The zero-order chi connectivity index (χ0) is 23.3. The summed E-state index contributed by atoms with van der Waals surface area (Å²) < 4.78 is 43.7. The van der Waals surface area contributed by atoms with E-state index in [1.165, 1.54) is 42.5 Å². The first-order chi connectivity index (χ1) is 15.9. The highest BCUT2D eigenvalue weighted by atomic mass is 32.2. The minimum Gasteiger partial charge on any atom is -0.486 e. The van der Waals surface area contributed by atoms with Gasteiger partial charge in [0.2, 0.25) is 0 Å². The number of amides is 1. The molecule has 0 bridgehead atoms. The smallest absolute Gasteiger partial charge is 0.338 e.